The van der Waals surface area contributed by atoms with Crippen LogP contribution < -0.4 is 5.32 Å². The topological polar surface area (TPSA) is 85.8 Å². The maximum absolute atomic E-state index is 12.3. The van der Waals surface area contributed by atoms with Crippen LogP contribution in [0, 0.1) is 20.8 Å². The smallest absolute Gasteiger partial charge is 0.257 e. The molecule has 106 valence electrons. The average molecular weight is 275 g/mol. The number of rotatable bonds is 2. The Labute approximate surface area is 116 Å². The fourth-order valence-corrected chi connectivity index (χ4v) is 2.64. The minimum Gasteiger partial charge on any atom is -0.361 e. The summed E-state index contributed by atoms with van der Waals surface area (Å²) in [7, 11) is 0. The van der Waals surface area contributed by atoms with Crippen molar-refractivity contribution in [3.63, 3.8) is 0 Å². The minimum absolute atomic E-state index is 0.0819. The van der Waals surface area contributed by atoms with Crippen LogP contribution in [0.3, 0.4) is 0 Å². The Kier molecular flexibility index (Phi) is 3.04. The van der Waals surface area contributed by atoms with Gasteiger partial charge in [-0.1, -0.05) is 5.16 Å². The van der Waals surface area contributed by atoms with Gasteiger partial charge in [-0.2, -0.15) is 0 Å². The SMILES string of the molecule is Cc1noc(C)c1C(=O)N[C@H]1CCc2nnc(C)n2C1. The summed E-state index contributed by atoms with van der Waals surface area (Å²) >= 11 is 0. The van der Waals surface area contributed by atoms with Crippen molar-refractivity contribution in [2.75, 3.05) is 0 Å². The predicted octanol–water partition coefficient (Wildman–Crippen LogP) is 0.936. The lowest BCUT2D eigenvalue weighted by Gasteiger charge is -2.24. The summed E-state index contributed by atoms with van der Waals surface area (Å²) < 4.78 is 7.09. The fourth-order valence-electron chi connectivity index (χ4n) is 2.64. The van der Waals surface area contributed by atoms with E-state index in [1.54, 1.807) is 13.8 Å². The van der Waals surface area contributed by atoms with Crippen molar-refractivity contribution in [1.82, 2.24) is 25.2 Å². The molecule has 0 unspecified atom stereocenters. The largest absolute Gasteiger partial charge is 0.361 e. The molecule has 2 aromatic rings. The molecule has 1 aliphatic heterocycles. The van der Waals surface area contributed by atoms with Gasteiger partial charge in [-0.15, -0.1) is 10.2 Å². The van der Waals surface area contributed by atoms with Gasteiger partial charge in [0.1, 0.15) is 23.0 Å². The molecule has 3 rings (SSSR count). The molecule has 20 heavy (non-hydrogen) atoms. The number of amides is 1. The summed E-state index contributed by atoms with van der Waals surface area (Å²) in [5.74, 6) is 2.30. The second kappa shape index (κ2) is 4.73. The maximum atomic E-state index is 12.3. The van der Waals surface area contributed by atoms with Crippen molar-refractivity contribution >= 4 is 5.91 Å². The van der Waals surface area contributed by atoms with Crippen LogP contribution in [-0.4, -0.2) is 31.9 Å². The van der Waals surface area contributed by atoms with Crippen molar-refractivity contribution in [3.8, 4) is 0 Å². The van der Waals surface area contributed by atoms with E-state index < -0.39 is 0 Å². The molecule has 0 spiro atoms. The van der Waals surface area contributed by atoms with Gasteiger partial charge >= 0.3 is 0 Å². The Morgan fingerprint density at radius 1 is 1.35 bits per heavy atom. The third-order valence-electron chi connectivity index (χ3n) is 3.73. The molecule has 7 heteroatoms. The van der Waals surface area contributed by atoms with E-state index in [1.165, 1.54) is 0 Å². The first-order chi connectivity index (χ1) is 9.56. The van der Waals surface area contributed by atoms with Gasteiger partial charge in [-0.3, -0.25) is 4.79 Å². The Bertz CT molecular complexity index is 638. The third-order valence-corrected chi connectivity index (χ3v) is 3.73. The molecule has 0 aliphatic carbocycles. The highest BCUT2D eigenvalue weighted by Crippen LogP contribution is 2.17. The average Bonchev–Trinajstić information content (AvgIpc) is 2.94. The number of nitrogens with one attached hydrogen (secondary N) is 1. The van der Waals surface area contributed by atoms with Gasteiger partial charge in [0, 0.05) is 19.0 Å². The maximum Gasteiger partial charge on any atom is 0.257 e. The summed E-state index contributed by atoms with van der Waals surface area (Å²) in [4.78, 5) is 12.3. The molecule has 0 aromatic carbocycles. The second-order valence-corrected chi connectivity index (χ2v) is 5.18. The molecule has 0 radical (unpaired) electrons. The normalized spacial score (nSPS) is 17.9. The molecule has 0 fully saturated rings. The molecule has 0 saturated heterocycles. The van der Waals surface area contributed by atoms with E-state index in [0.717, 1.165) is 24.5 Å². The molecule has 2 aromatic heterocycles. The number of aromatic nitrogens is 4. The highest BCUT2D eigenvalue weighted by Gasteiger charge is 2.25. The first-order valence-electron chi connectivity index (χ1n) is 6.68. The third kappa shape index (κ3) is 2.09. The number of hydrogen-bond acceptors (Lipinski definition) is 5. The van der Waals surface area contributed by atoms with Gasteiger partial charge in [0.2, 0.25) is 0 Å². The van der Waals surface area contributed by atoms with E-state index in [9.17, 15) is 4.79 Å². The number of carbonyl (C=O) groups excluding carboxylic acids is 1. The molecule has 1 amide bonds. The molecule has 1 aliphatic rings. The Hall–Kier alpha value is -2.18. The van der Waals surface area contributed by atoms with Gasteiger partial charge in [-0.05, 0) is 27.2 Å². The van der Waals surface area contributed by atoms with E-state index in [4.69, 9.17) is 4.52 Å². The number of carbonyl (C=O) groups is 1. The van der Waals surface area contributed by atoms with Gasteiger partial charge in [0.25, 0.3) is 5.91 Å². The van der Waals surface area contributed by atoms with Crippen LogP contribution in [0.4, 0.5) is 0 Å². The molecule has 1 N–H and O–H groups in total. The molecule has 0 saturated carbocycles. The highest BCUT2D eigenvalue weighted by molar-refractivity contribution is 5.96. The fraction of sp³-hybridized carbons (Fsp3) is 0.538. The van der Waals surface area contributed by atoms with Crippen LogP contribution in [0.2, 0.25) is 0 Å². The standard InChI is InChI=1S/C13H17N5O2/c1-7-12(8(2)20-17-7)13(19)14-10-4-5-11-16-15-9(3)18(11)6-10/h10H,4-6H2,1-3H3,(H,14,19)/t10-/m0/s1. The molecule has 3 heterocycles. The van der Waals surface area contributed by atoms with E-state index in [-0.39, 0.29) is 11.9 Å². The predicted molar refractivity (Wildman–Crippen MR) is 70.3 cm³/mol. The van der Waals surface area contributed by atoms with E-state index >= 15 is 0 Å². The van der Waals surface area contributed by atoms with Gasteiger partial charge in [0.05, 0.1) is 5.69 Å². The molecular formula is C13H17N5O2. The number of fused-ring (bicyclic) bond motifs is 1. The van der Waals surface area contributed by atoms with Gasteiger partial charge in [0.15, 0.2) is 0 Å². The monoisotopic (exact) mass is 275 g/mol. The Balaban J connectivity index is 1.74. The van der Waals surface area contributed by atoms with Crippen molar-refractivity contribution in [2.24, 2.45) is 0 Å². The van der Waals surface area contributed by atoms with E-state index in [2.05, 4.69) is 25.2 Å². The van der Waals surface area contributed by atoms with Crippen LogP contribution in [-0.2, 0) is 13.0 Å². The number of hydrogen-bond donors (Lipinski definition) is 1. The zero-order valence-corrected chi connectivity index (χ0v) is 11.8. The first kappa shape index (κ1) is 12.8. The van der Waals surface area contributed by atoms with Crippen LogP contribution >= 0.6 is 0 Å². The van der Waals surface area contributed by atoms with Crippen LogP contribution in [0.5, 0.6) is 0 Å². The minimum atomic E-state index is -0.125. The van der Waals surface area contributed by atoms with Crippen molar-refractivity contribution in [3.05, 3.63) is 28.7 Å². The zero-order chi connectivity index (χ0) is 14.3. The zero-order valence-electron chi connectivity index (χ0n) is 11.8. The summed E-state index contributed by atoms with van der Waals surface area (Å²) in [6, 6.07) is 0.0819. The summed E-state index contributed by atoms with van der Waals surface area (Å²) in [5, 5.41) is 15.0. The Morgan fingerprint density at radius 3 is 2.85 bits per heavy atom. The summed E-state index contributed by atoms with van der Waals surface area (Å²) in [5.41, 5.74) is 1.16. The summed E-state index contributed by atoms with van der Waals surface area (Å²) in [6.07, 6.45) is 1.70. The molecular weight excluding hydrogens is 258 g/mol. The van der Waals surface area contributed by atoms with Crippen LogP contribution in [0.1, 0.15) is 39.9 Å². The second-order valence-electron chi connectivity index (χ2n) is 5.18. The Morgan fingerprint density at radius 2 is 2.15 bits per heavy atom. The molecule has 1 atom stereocenters. The first-order valence-corrected chi connectivity index (χ1v) is 6.68. The van der Waals surface area contributed by atoms with Gasteiger partial charge in [-0.25, -0.2) is 0 Å². The highest BCUT2D eigenvalue weighted by atomic mass is 16.5. The van der Waals surface area contributed by atoms with Crippen molar-refractivity contribution < 1.29 is 9.32 Å². The van der Waals surface area contributed by atoms with E-state index in [0.29, 0.717) is 23.6 Å². The molecule has 0 bridgehead atoms. The number of aryl methyl sites for hydroxylation is 4. The van der Waals surface area contributed by atoms with Crippen molar-refractivity contribution in [2.45, 2.75) is 46.2 Å². The van der Waals surface area contributed by atoms with E-state index in [1.807, 2.05) is 6.92 Å². The lowest BCUT2D eigenvalue weighted by atomic mass is 10.1. The lowest BCUT2D eigenvalue weighted by molar-refractivity contribution is 0.0925. The number of nitrogens with zero attached hydrogens (tertiary/aromatic N) is 4. The quantitative estimate of drug-likeness (QED) is 0.881. The van der Waals surface area contributed by atoms with Gasteiger partial charge < -0.3 is 14.4 Å². The lowest BCUT2D eigenvalue weighted by Crippen LogP contribution is -2.41. The van der Waals surface area contributed by atoms with Crippen molar-refractivity contribution in [1.29, 1.82) is 0 Å². The van der Waals surface area contributed by atoms with Crippen LogP contribution in [0.15, 0.2) is 4.52 Å². The molecule has 7 nitrogen and oxygen atoms in total. The van der Waals surface area contributed by atoms with Crippen LogP contribution in [0.25, 0.3) is 0 Å². The summed E-state index contributed by atoms with van der Waals surface area (Å²) in [6.45, 7) is 6.16.